The van der Waals surface area contributed by atoms with E-state index in [0.717, 1.165) is 24.2 Å². The van der Waals surface area contributed by atoms with Gasteiger partial charge in [0.2, 0.25) is 0 Å². The van der Waals surface area contributed by atoms with Crippen LogP contribution >= 0.6 is 0 Å². The molecule has 0 amide bonds. The molecule has 120 valence electrons. The Bertz CT molecular complexity index is 568. The summed E-state index contributed by atoms with van der Waals surface area (Å²) in [5.41, 5.74) is 2.06. The monoisotopic (exact) mass is 304 g/mol. The number of methoxy groups -OCH3 is 1. The van der Waals surface area contributed by atoms with Crippen LogP contribution in [0.15, 0.2) is 18.2 Å². The van der Waals surface area contributed by atoms with Crippen LogP contribution in [-0.2, 0) is 20.7 Å². The summed E-state index contributed by atoms with van der Waals surface area (Å²) in [5, 5.41) is 0. The number of carbonyl (C=O) groups excluding carboxylic acids is 1. The van der Waals surface area contributed by atoms with Crippen LogP contribution in [0.2, 0.25) is 0 Å². The average molecular weight is 304 g/mol. The SMILES string of the molecule is COc1cc(CC(C)[C@]23CCC(=O)C[C@H]2OCO3)ccc1C. The summed E-state index contributed by atoms with van der Waals surface area (Å²) in [4.78, 5) is 11.7. The first-order valence-corrected chi connectivity index (χ1v) is 7.96. The zero-order valence-electron chi connectivity index (χ0n) is 13.6. The van der Waals surface area contributed by atoms with Crippen LogP contribution in [0.4, 0.5) is 0 Å². The van der Waals surface area contributed by atoms with Gasteiger partial charge in [0.15, 0.2) is 0 Å². The summed E-state index contributed by atoms with van der Waals surface area (Å²) in [6.07, 6.45) is 2.66. The van der Waals surface area contributed by atoms with Gasteiger partial charge in [-0.1, -0.05) is 19.1 Å². The Labute approximate surface area is 131 Å². The van der Waals surface area contributed by atoms with Crippen molar-refractivity contribution < 1.29 is 19.0 Å². The van der Waals surface area contributed by atoms with Gasteiger partial charge in [0.25, 0.3) is 0 Å². The van der Waals surface area contributed by atoms with Crippen molar-refractivity contribution in [2.75, 3.05) is 13.9 Å². The third kappa shape index (κ3) is 2.66. The Morgan fingerprint density at radius 1 is 1.45 bits per heavy atom. The third-order valence-corrected chi connectivity index (χ3v) is 5.20. The molecule has 3 atom stereocenters. The predicted molar refractivity (Wildman–Crippen MR) is 83.0 cm³/mol. The molecule has 4 nitrogen and oxygen atoms in total. The van der Waals surface area contributed by atoms with Crippen LogP contribution in [0.3, 0.4) is 0 Å². The second kappa shape index (κ2) is 6.01. The van der Waals surface area contributed by atoms with E-state index in [4.69, 9.17) is 14.2 Å². The first kappa shape index (κ1) is 15.5. The number of carbonyl (C=O) groups is 1. The zero-order chi connectivity index (χ0) is 15.7. The second-order valence-corrected chi connectivity index (χ2v) is 6.52. The Kier molecular flexibility index (Phi) is 4.24. The topological polar surface area (TPSA) is 44.8 Å². The maximum absolute atomic E-state index is 11.7. The van der Waals surface area contributed by atoms with E-state index in [1.807, 2.05) is 6.92 Å². The van der Waals surface area contributed by atoms with Crippen molar-refractivity contribution in [3.8, 4) is 5.75 Å². The third-order valence-electron chi connectivity index (χ3n) is 5.20. The fourth-order valence-electron chi connectivity index (χ4n) is 3.79. The molecule has 4 heteroatoms. The molecular weight excluding hydrogens is 280 g/mol. The Balaban J connectivity index is 1.78. The summed E-state index contributed by atoms with van der Waals surface area (Å²) in [7, 11) is 1.70. The Morgan fingerprint density at radius 2 is 2.27 bits per heavy atom. The van der Waals surface area contributed by atoms with Crippen molar-refractivity contribution >= 4 is 5.78 Å². The van der Waals surface area contributed by atoms with Crippen LogP contribution in [-0.4, -0.2) is 31.4 Å². The first-order chi connectivity index (χ1) is 10.5. The number of rotatable bonds is 4. The predicted octanol–water partition coefficient (Wildman–Crippen LogP) is 3.05. The molecule has 1 aromatic carbocycles. The molecule has 1 aliphatic heterocycles. The molecule has 0 N–H and O–H groups in total. The highest BCUT2D eigenvalue weighted by Gasteiger charge is 2.52. The number of fused-ring (bicyclic) bond motifs is 1. The lowest BCUT2D eigenvalue weighted by Crippen LogP contribution is -2.50. The Hall–Kier alpha value is -1.39. The normalized spacial score (nSPS) is 29.2. The van der Waals surface area contributed by atoms with E-state index < -0.39 is 0 Å². The van der Waals surface area contributed by atoms with Crippen LogP contribution in [0, 0.1) is 12.8 Å². The van der Waals surface area contributed by atoms with E-state index in [9.17, 15) is 4.79 Å². The lowest BCUT2D eigenvalue weighted by atomic mass is 9.72. The smallest absolute Gasteiger partial charge is 0.148 e. The minimum atomic E-state index is -0.313. The minimum absolute atomic E-state index is 0.0870. The molecule has 1 unspecified atom stereocenters. The minimum Gasteiger partial charge on any atom is -0.496 e. The molecule has 0 aromatic heterocycles. The standard InChI is InChI=1S/C18H24O4/c1-12-4-5-14(9-16(12)20-3)8-13(2)18-7-6-15(19)10-17(18)21-11-22-18/h4-5,9,13,17H,6-8,10-11H2,1-3H3/t13?,17-,18-/m1/s1. The molecule has 2 aliphatic rings. The molecule has 1 saturated carbocycles. The quantitative estimate of drug-likeness (QED) is 0.857. The number of Topliss-reactive ketones (excluding diaryl/α,β-unsaturated/α-hetero) is 1. The number of ketones is 1. The number of hydrogen-bond acceptors (Lipinski definition) is 4. The molecule has 0 radical (unpaired) electrons. The fraction of sp³-hybridized carbons (Fsp3) is 0.611. The van der Waals surface area contributed by atoms with Gasteiger partial charge >= 0.3 is 0 Å². The summed E-state index contributed by atoms with van der Waals surface area (Å²) >= 11 is 0. The fourth-order valence-corrected chi connectivity index (χ4v) is 3.79. The van der Waals surface area contributed by atoms with Crippen LogP contribution in [0.5, 0.6) is 5.75 Å². The summed E-state index contributed by atoms with van der Waals surface area (Å²) < 4.78 is 17.1. The van der Waals surface area contributed by atoms with Crippen molar-refractivity contribution in [2.45, 2.75) is 51.2 Å². The molecule has 1 aromatic rings. The molecule has 3 rings (SSSR count). The van der Waals surface area contributed by atoms with Gasteiger partial charge in [-0.3, -0.25) is 4.79 Å². The van der Waals surface area contributed by atoms with Crippen molar-refractivity contribution in [1.82, 2.24) is 0 Å². The maximum Gasteiger partial charge on any atom is 0.148 e. The van der Waals surface area contributed by atoms with E-state index in [-0.39, 0.29) is 17.5 Å². The zero-order valence-corrected chi connectivity index (χ0v) is 13.6. The molecule has 2 fully saturated rings. The summed E-state index contributed by atoms with van der Waals surface area (Å²) in [5.74, 6) is 1.50. The van der Waals surface area contributed by atoms with E-state index in [1.165, 1.54) is 5.56 Å². The second-order valence-electron chi connectivity index (χ2n) is 6.52. The van der Waals surface area contributed by atoms with Crippen molar-refractivity contribution in [3.63, 3.8) is 0 Å². The van der Waals surface area contributed by atoms with E-state index >= 15 is 0 Å². The number of aryl methyl sites for hydroxylation is 1. The van der Waals surface area contributed by atoms with Crippen LogP contribution < -0.4 is 4.74 Å². The lowest BCUT2D eigenvalue weighted by Gasteiger charge is -2.40. The molecule has 0 spiro atoms. The van der Waals surface area contributed by atoms with Gasteiger partial charge in [-0.05, 0) is 42.9 Å². The van der Waals surface area contributed by atoms with E-state index in [1.54, 1.807) is 7.11 Å². The Morgan fingerprint density at radius 3 is 3.05 bits per heavy atom. The van der Waals surface area contributed by atoms with E-state index in [0.29, 0.717) is 25.6 Å². The van der Waals surface area contributed by atoms with Crippen molar-refractivity contribution in [3.05, 3.63) is 29.3 Å². The molecule has 1 heterocycles. The number of hydrogen-bond donors (Lipinski definition) is 0. The van der Waals surface area contributed by atoms with Gasteiger partial charge in [0, 0.05) is 12.8 Å². The number of benzene rings is 1. The lowest BCUT2D eigenvalue weighted by molar-refractivity contribution is -0.130. The van der Waals surface area contributed by atoms with Gasteiger partial charge in [-0.15, -0.1) is 0 Å². The molecule has 1 aliphatic carbocycles. The van der Waals surface area contributed by atoms with Crippen molar-refractivity contribution in [2.24, 2.45) is 5.92 Å². The highest BCUT2D eigenvalue weighted by molar-refractivity contribution is 5.80. The van der Waals surface area contributed by atoms with Gasteiger partial charge < -0.3 is 14.2 Å². The van der Waals surface area contributed by atoms with Crippen LogP contribution in [0.1, 0.15) is 37.3 Å². The first-order valence-electron chi connectivity index (χ1n) is 7.96. The average Bonchev–Trinajstić information content (AvgIpc) is 2.93. The summed E-state index contributed by atoms with van der Waals surface area (Å²) in [6.45, 7) is 4.55. The molecule has 22 heavy (non-hydrogen) atoms. The van der Waals surface area contributed by atoms with E-state index in [2.05, 4.69) is 25.1 Å². The van der Waals surface area contributed by atoms with Crippen LogP contribution in [0.25, 0.3) is 0 Å². The summed E-state index contributed by atoms with van der Waals surface area (Å²) in [6, 6.07) is 6.33. The maximum atomic E-state index is 11.7. The van der Waals surface area contributed by atoms with Gasteiger partial charge in [0.1, 0.15) is 23.9 Å². The molecule has 0 bridgehead atoms. The number of ether oxygens (including phenoxy) is 3. The van der Waals surface area contributed by atoms with Gasteiger partial charge in [-0.2, -0.15) is 0 Å². The highest BCUT2D eigenvalue weighted by Crippen LogP contribution is 2.43. The highest BCUT2D eigenvalue weighted by atomic mass is 16.7. The van der Waals surface area contributed by atoms with Crippen molar-refractivity contribution in [1.29, 1.82) is 0 Å². The molecular formula is C18H24O4. The molecule has 1 saturated heterocycles. The largest absolute Gasteiger partial charge is 0.496 e. The van der Waals surface area contributed by atoms with Gasteiger partial charge in [0.05, 0.1) is 13.2 Å². The van der Waals surface area contributed by atoms with Gasteiger partial charge in [-0.25, -0.2) is 0 Å².